The van der Waals surface area contributed by atoms with Crippen LogP contribution in [0.2, 0.25) is 0 Å². The van der Waals surface area contributed by atoms with Crippen LogP contribution in [-0.2, 0) is 16.0 Å². The molecule has 2 aromatic carbocycles. The monoisotopic (exact) mass is 353 g/mol. The van der Waals surface area contributed by atoms with Gasteiger partial charge in [0.15, 0.2) is 0 Å². The number of rotatable bonds is 9. The lowest BCUT2D eigenvalue weighted by molar-refractivity contribution is -0.143. The topological polar surface area (TPSA) is 60.6 Å². The Morgan fingerprint density at radius 1 is 0.923 bits per heavy atom. The van der Waals surface area contributed by atoms with Crippen LogP contribution < -0.4 is 9.47 Å². The number of nitrogens with one attached hydrogen (secondary N) is 1. The highest BCUT2D eigenvalue weighted by atomic mass is 16.6. The number of carbonyl (C=O) groups is 1. The minimum absolute atomic E-state index is 0.218. The molecule has 0 radical (unpaired) electrons. The van der Waals surface area contributed by atoms with Crippen LogP contribution in [0.15, 0.2) is 54.7 Å². The van der Waals surface area contributed by atoms with E-state index in [4.69, 9.17) is 14.2 Å². The number of para-hydroxylation sites is 1. The molecule has 1 heterocycles. The van der Waals surface area contributed by atoms with Gasteiger partial charge in [0.25, 0.3) is 0 Å². The number of H-pyrrole nitrogens is 1. The molecule has 0 saturated carbocycles. The van der Waals surface area contributed by atoms with Gasteiger partial charge in [0.2, 0.25) is 0 Å². The van der Waals surface area contributed by atoms with E-state index in [1.807, 2.05) is 54.7 Å². The van der Waals surface area contributed by atoms with E-state index < -0.39 is 0 Å². The van der Waals surface area contributed by atoms with Gasteiger partial charge in [-0.05, 0) is 42.3 Å². The molecule has 0 unspecified atom stereocenters. The van der Waals surface area contributed by atoms with Gasteiger partial charge in [-0.15, -0.1) is 0 Å². The summed E-state index contributed by atoms with van der Waals surface area (Å²) in [6, 6.07) is 15.3. The summed E-state index contributed by atoms with van der Waals surface area (Å²) >= 11 is 0. The van der Waals surface area contributed by atoms with Crippen LogP contribution in [0.4, 0.5) is 0 Å². The zero-order chi connectivity index (χ0) is 18.2. The number of ether oxygens (including phenoxy) is 3. The van der Waals surface area contributed by atoms with Crippen LogP contribution in [-0.4, -0.2) is 30.8 Å². The SMILES string of the molecule is CCCOc1ccc(OCCOC(=O)Cc2c[nH]c3ccccc23)cc1. The van der Waals surface area contributed by atoms with Crippen LogP contribution in [0.1, 0.15) is 18.9 Å². The minimum Gasteiger partial charge on any atom is -0.494 e. The van der Waals surface area contributed by atoms with E-state index in [9.17, 15) is 4.79 Å². The van der Waals surface area contributed by atoms with Crippen LogP contribution in [0, 0.1) is 0 Å². The van der Waals surface area contributed by atoms with E-state index in [0.717, 1.165) is 34.4 Å². The van der Waals surface area contributed by atoms with E-state index in [1.54, 1.807) is 0 Å². The number of esters is 1. The first-order chi connectivity index (χ1) is 12.8. The third-order valence-electron chi connectivity index (χ3n) is 3.92. The number of carbonyl (C=O) groups excluding carboxylic acids is 1. The molecule has 136 valence electrons. The molecule has 0 bridgehead atoms. The van der Waals surface area contributed by atoms with Gasteiger partial charge in [-0.25, -0.2) is 0 Å². The lowest BCUT2D eigenvalue weighted by Gasteiger charge is -2.09. The van der Waals surface area contributed by atoms with Crippen molar-refractivity contribution in [3.8, 4) is 11.5 Å². The third-order valence-corrected chi connectivity index (χ3v) is 3.92. The summed E-state index contributed by atoms with van der Waals surface area (Å²) < 4.78 is 16.4. The summed E-state index contributed by atoms with van der Waals surface area (Å²) in [5.41, 5.74) is 1.96. The van der Waals surface area contributed by atoms with E-state index >= 15 is 0 Å². The van der Waals surface area contributed by atoms with Crippen molar-refractivity contribution in [1.82, 2.24) is 4.98 Å². The number of benzene rings is 2. The Balaban J connectivity index is 1.40. The van der Waals surface area contributed by atoms with Gasteiger partial charge in [0, 0.05) is 17.1 Å². The van der Waals surface area contributed by atoms with Crippen molar-refractivity contribution in [2.24, 2.45) is 0 Å². The Labute approximate surface area is 152 Å². The van der Waals surface area contributed by atoms with Crippen molar-refractivity contribution in [1.29, 1.82) is 0 Å². The molecule has 0 saturated heterocycles. The maximum atomic E-state index is 12.0. The zero-order valence-electron chi connectivity index (χ0n) is 14.9. The van der Waals surface area contributed by atoms with Crippen molar-refractivity contribution in [3.05, 3.63) is 60.3 Å². The molecular weight excluding hydrogens is 330 g/mol. The predicted molar refractivity (Wildman–Crippen MR) is 101 cm³/mol. The van der Waals surface area contributed by atoms with Crippen LogP contribution >= 0.6 is 0 Å². The van der Waals surface area contributed by atoms with Crippen molar-refractivity contribution < 1.29 is 19.0 Å². The summed E-state index contributed by atoms with van der Waals surface area (Å²) in [6.07, 6.45) is 3.07. The fourth-order valence-electron chi connectivity index (χ4n) is 2.65. The summed E-state index contributed by atoms with van der Waals surface area (Å²) in [4.78, 5) is 15.2. The highest BCUT2D eigenvalue weighted by Gasteiger charge is 2.09. The van der Waals surface area contributed by atoms with E-state index in [-0.39, 0.29) is 19.0 Å². The number of aromatic nitrogens is 1. The second-order valence-corrected chi connectivity index (χ2v) is 5.93. The molecule has 3 rings (SSSR count). The zero-order valence-corrected chi connectivity index (χ0v) is 14.9. The quantitative estimate of drug-likeness (QED) is 0.464. The van der Waals surface area contributed by atoms with Crippen molar-refractivity contribution >= 4 is 16.9 Å². The Morgan fingerprint density at radius 2 is 1.62 bits per heavy atom. The molecule has 0 aliphatic heterocycles. The van der Waals surface area contributed by atoms with Crippen molar-refractivity contribution in [2.75, 3.05) is 19.8 Å². The van der Waals surface area contributed by atoms with Crippen LogP contribution in [0.25, 0.3) is 10.9 Å². The van der Waals surface area contributed by atoms with Gasteiger partial charge in [-0.1, -0.05) is 25.1 Å². The molecule has 5 heteroatoms. The smallest absolute Gasteiger partial charge is 0.310 e. The lowest BCUT2D eigenvalue weighted by atomic mass is 10.1. The average molecular weight is 353 g/mol. The second kappa shape index (κ2) is 8.94. The van der Waals surface area contributed by atoms with Gasteiger partial charge < -0.3 is 19.2 Å². The predicted octanol–water partition coefficient (Wildman–Crippen LogP) is 4.12. The molecule has 0 atom stereocenters. The molecule has 0 aliphatic carbocycles. The van der Waals surface area contributed by atoms with E-state index in [0.29, 0.717) is 13.2 Å². The van der Waals surface area contributed by atoms with Crippen molar-refractivity contribution in [3.63, 3.8) is 0 Å². The summed E-state index contributed by atoms with van der Waals surface area (Å²) in [5.74, 6) is 1.28. The maximum Gasteiger partial charge on any atom is 0.310 e. The number of aromatic amines is 1. The minimum atomic E-state index is -0.262. The van der Waals surface area contributed by atoms with Gasteiger partial charge in [-0.3, -0.25) is 4.79 Å². The molecule has 0 aliphatic rings. The molecule has 1 N–H and O–H groups in total. The maximum absolute atomic E-state index is 12.0. The first-order valence-corrected chi connectivity index (χ1v) is 8.82. The average Bonchev–Trinajstić information content (AvgIpc) is 3.07. The molecule has 1 aromatic heterocycles. The molecule has 0 spiro atoms. The summed E-state index contributed by atoms with van der Waals surface area (Å²) in [6.45, 7) is 3.30. The Morgan fingerprint density at radius 3 is 2.35 bits per heavy atom. The fraction of sp³-hybridized carbons (Fsp3) is 0.286. The normalized spacial score (nSPS) is 10.7. The molecule has 5 nitrogen and oxygen atoms in total. The molecule has 0 fully saturated rings. The largest absolute Gasteiger partial charge is 0.494 e. The van der Waals surface area contributed by atoms with Crippen LogP contribution in [0.3, 0.4) is 0 Å². The summed E-state index contributed by atoms with van der Waals surface area (Å²) in [7, 11) is 0. The highest BCUT2D eigenvalue weighted by Crippen LogP contribution is 2.19. The lowest BCUT2D eigenvalue weighted by Crippen LogP contribution is -2.13. The Kier molecular flexibility index (Phi) is 6.14. The molecule has 26 heavy (non-hydrogen) atoms. The fourth-order valence-corrected chi connectivity index (χ4v) is 2.65. The third kappa shape index (κ3) is 4.79. The first kappa shape index (κ1) is 17.9. The van der Waals surface area contributed by atoms with Gasteiger partial charge in [-0.2, -0.15) is 0 Å². The summed E-state index contributed by atoms with van der Waals surface area (Å²) in [5, 5.41) is 1.05. The number of hydrogen-bond donors (Lipinski definition) is 1. The van der Waals surface area contributed by atoms with Gasteiger partial charge in [0.1, 0.15) is 24.7 Å². The first-order valence-electron chi connectivity index (χ1n) is 8.82. The number of hydrogen-bond acceptors (Lipinski definition) is 4. The standard InChI is InChI=1S/C21H23NO4/c1-2-11-24-17-7-9-18(10-8-17)25-12-13-26-21(23)14-16-15-22-20-6-4-3-5-19(16)20/h3-10,15,22H,2,11-14H2,1H3. The van der Waals surface area contributed by atoms with E-state index in [1.165, 1.54) is 0 Å². The second-order valence-electron chi connectivity index (χ2n) is 5.93. The highest BCUT2D eigenvalue weighted by molar-refractivity contribution is 5.87. The van der Waals surface area contributed by atoms with E-state index in [2.05, 4.69) is 11.9 Å². The van der Waals surface area contributed by atoms with Crippen LogP contribution in [0.5, 0.6) is 11.5 Å². The Hall–Kier alpha value is -2.95. The van der Waals surface area contributed by atoms with Gasteiger partial charge in [0.05, 0.1) is 13.0 Å². The molecule has 0 amide bonds. The van der Waals surface area contributed by atoms with Gasteiger partial charge >= 0.3 is 5.97 Å². The molecule has 3 aromatic rings. The molecular formula is C21H23NO4. The van der Waals surface area contributed by atoms with Crippen molar-refractivity contribution in [2.45, 2.75) is 19.8 Å². The number of fused-ring (bicyclic) bond motifs is 1. The Bertz CT molecular complexity index is 839.